The molecule has 0 fully saturated rings. The molecule has 0 amide bonds. The van der Waals surface area contributed by atoms with Gasteiger partial charge in [-0.3, -0.25) is 0 Å². The average molecular weight is 307 g/mol. The van der Waals surface area contributed by atoms with Gasteiger partial charge in [-0.15, -0.1) is 0 Å². The Labute approximate surface area is 131 Å². The molecule has 0 unspecified atom stereocenters. The van der Waals surface area contributed by atoms with E-state index in [1.807, 2.05) is 36.0 Å². The van der Waals surface area contributed by atoms with Crippen molar-refractivity contribution in [1.29, 1.82) is 0 Å². The number of nitrogens with two attached hydrogens (primary N) is 2. The van der Waals surface area contributed by atoms with Gasteiger partial charge in [0, 0.05) is 24.2 Å². The minimum atomic E-state index is -0.285. The summed E-state index contributed by atoms with van der Waals surface area (Å²) in [6.45, 7) is 0. The van der Waals surface area contributed by atoms with Gasteiger partial charge in [0.05, 0.1) is 16.4 Å². The summed E-state index contributed by atoms with van der Waals surface area (Å²) in [7, 11) is 1.94. The number of aryl methyl sites for hydroxylation is 1. The van der Waals surface area contributed by atoms with Gasteiger partial charge in [0.25, 0.3) is 0 Å². The van der Waals surface area contributed by atoms with E-state index in [1.165, 1.54) is 12.1 Å². The van der Waals surface area contributed by atoms with E-state index in [2.05, 4.69) is 9.97 Å². The van der Waals surface area contributed by atoms with Crippen LogP contribution in [0.3, 0.4) is 0 Å². The third-order valence-corrected chi connectivity index (χ3v) is 4.00. The summed E-state index contributed by atoms with van der Waals surface area (Å²) in [6.07, 6.45) is 1.93. The van der Waals surface area contributed by atoms with Gasteiger partial charge < -0.3 is 16.0 Å². The molecule has 0 aliphatic rings. The van der Waals surface area contributed by atoms with Crippen LogP contribution in [-0.2, 0) is 7.05 Å². The Kier molecular flexibility index (Phi) is 2.74. The summed E-state index contributed by atoms with van der Waals surface area (Å²) in [4.78, 5) is 8.34. The molecule has 114 valence electrons. The summed E-state index contributed by atoms with van der Waals surface area (Å²) < 4.78 is 15.6. The lowest BCUT2D eigenvalue weighted by molar-refractivity contribution is 0.628. The molecular formula is C17H14FN5. The highest BCUT2D eigenvalue weighted by Gasteiger charge is 2.15. The van der Waals surface area contributed by atoms with Crippen molar-refractivity contribution in [3.8, 4) is 11.1 Å². The first kappa shape index (κ1) is 13.5. The maximum absolute atomic E-state index is 13.6. The van der Waals surface area contributed by atoms with E-state index < -0.39 is 0 Å². The SMILES string of the molecule is Cn1ccc2c3c(N)nc(N)nc3cc(-c3cccc(F)c3)c21. The highest BCUT2D eigenvalue weighted by Crippen LogP contribution is 2.36. The lowest BCUT2D eigenvalue weighted by Crippen LogP contribution is -2.01. The molecule has 0 saturated heterocycles. The summed E-state index contributed by atoms with van der Waals surface area (Å²) in [5.41, 5.74) is 15.0. The second-order valence-corrected chi connectivity index (χ2v) is 5.48. The summed E-state index contributed by atoms with van der Waals surface area (Å²) in [5.74, 6) is 0.177. The smallest absolute Gasteiger partial charge is 0.222 e. The molecule has 0 radical (unpaired) electrons. The zero-order chi connectivity index (χ0) is 16.1. The van der Waals surface area contributed by atoms with Crippen LogP contribution in [0.5, 0.6) is 0 Å². The maximum atomic E-state index is 13.6. The number of fused-ring (bicyclic) bond motifs is 3. The molecule has 23 heavy (non-hydrogen) atoms. The standard InChI is InChI=1S/C17H14FN5/c1-23-6-5-11-14-13(21-17(20)22-16(14)19)8-12(15(11)23)9-3-2-4-10(18)7-9/h2-8H,1H3,(H4,19,20,21,22). The third-order valence-electron chi connectivity index (χ3n) is 4.00. The normalized spacial score (nSPS) is 11.4. The highest BCUT2D eigenvalue weighted by molar-refractivity contribution is 6.15. The molecule has 6 heteroatoms. The Hall–Kier alpha value is -3.15. The first-order chi connectivity index (χ1) is 11.0. The predicted octanol–water partition coefficient (Wildman–Crippen LogP) is 3.09. The Morgan fingerprint density at radius 2 is 1.91 bits per heavy atom. The lowest BCUT2D eigenvalue weighted by atomic mass is 10.00. The molecule has 2 aromatic heterocycles. The number of hydrogen-bond donors (Lipinski definition) is 2. The predicted molar refractivity (Wildman–Crippen MR) is 90.2 cm³/mol. The van der Waals surface area contributed by atoms with Crippen LogP contribution in [0.15, 0.2) is 42.6 Å². The first-order valence-electron chi connectivity index (χ1n) is 7.11. The van der Waals surface area contributed by atoms with Crippen molar-refractivity contribution >= 4 is 33.6 Å². The van der Waals surface area contributed by atoms with Crippen LogP contribution in [0.4, 0.5) is 16.2 Å². The molecule has 4 rings (SSSR count). The van der Waals surface area contributed by atoms with Crippen molar-refractivity contribution in [3.05, 3.63) is 48.4 Å². The summed E-state index contributed by atoms with van der Waals surface area (Å²) in [5, 5.41) is 1.68. The fraction of sp³-hybridized carbons (Fsp3) is 0.0588. The molecule has 2 aromatic carbocycles. The highest BCUT2D eigenvalue weighted by atomic mass is 19.1. The molecule has 0 bridgehead atoms. The quantitative estimate of drug-likeness (QED) is 0.566. The molecule has 2 heterocycles. The molecule has 0 aliphatic heterocycles. The van der Waals surface area contributed by atoms with Crippen molar-refractivity contribution in [2.24, 2.45) is 7.05 Å². The van der Waals surface area contributed by atoms with Crippen LogP contribution < -0.4 is 11.5 Å². The third kappa shape index (κ3) is 1.99. The van der Waals surface area contributed by atoms with Gasteiger partial charge in [-0.25, -0.2) is 9.37 Å². The van der Waals surface area contributed by atoms with Crippen LogP contribution in [0.2, 0.25) is 0 Å². The van der Waals surface area contributed by atoms with Crippen LogP contribution in [0, 0.1) is 5.82 Å². The number of nitrogens with zero attached hydrogens (tertiary/aromatic N) is 3. The van der Waals surface area contributed by atoms with E-state index in [0.717, 1.165) is 27.4 Å². The molecule has 5 nitrogen and oxygen atoms in total. The molecule has 4 aromatic rings. The van der Waals surface area contributed by atoms with Gasteiger partial charge in [-0.05, 0) is 29.8 Å². The summed E-state index contributed by atoms with van der Waals surface area (Å²) >= 11 is 0. The number of anilines is 2. The van der Waals surface area contributed by atoms with Gasteiger partial charge >= 0.3 is 0 Å². The summed E-state index contributed by atoms with van der Waals surface area (Å²) in [6, 6.07) is 10.3. The van der Waals surface area contributed by atoms with Crippen molar-refractivity contribution in [3.63, 3.8) is 0 Å². The van der Waals surface area contributed by atoms with E-state index in [4.69, 9.17) is 11.5 Å². The number of benzene rings is 2. The molecule has 0 saturated carbocycles. The molecule has 0 atom stereocenters. The fourth-order valence-electron chi connectivity index (χ4n) is 3.04. The van der Waals surface area contributed by atoms with Gasteiger partial charge in [-0.2, -0.15) is 4.98 Å². The molecular weight excluding hydrogens is 293 g/mol. The lowest BCUT2D eigenvalue weighted by Gasteiger charge is -2.11. The van der Waals surface area contributed by atoms with E-state index in [0.29, 0.717) is 11.3 Å². The van der Waals surface area contributed by atoms with E-state index in [1.54, 1.807) is 6.07 Å². The Morgan fingerprint density at radius 1 is 1.09 bits per heavy atom. The second kappa shape index (κ2) is 4.67. The molecule has 4 N–H and O–H groups in total. The monoisotopic (exact) mass is 307 g/mol. The Balaban J connectivity index is 2.20. The minimum Gasteiger partial charge on any atom is -0.383 e. The number of halogens is 1. The van der Waals surface area contributed by atoms with Crippen LogP contribution in [-0.4, -0.2) is 14.5 Å². The fourth-order valence-corrected chi connectivity index (χ4v) is 3.04. The Morgan fingerprint density at radius 3 is 2.70 bits per heavy atom. The average Bonchev–Trinajstić information content (AvgIpc) is 2.88. The van der Waals surface area contributed by atoms with E-state index in [-0.39, 0.29) is 11.8 Å². The number of aromatic nitrogens is 3. The molecule has 0 spiro atoms. The molecule has 0 aliphatic carbocycles. The largest absolute Gasteiger partial charge is 0.383 e. The zero-order valence-electron chi connectivity index (χ0n) is 12.4. The topological polar surface area (TPSA) is 82.8 Å². The van der Waals surface area contributed by atoms with Crippen molar-refractivity contribution in [2.75, 3.05) is 11.5 Å². The van der Waals surface area contributed by atoms with Gasteiger partial charge in [-0.1, -0.05) is 12.1 Å². The van der Waals surface area contributed by atoms with Crippen molar-refractivity contribution < 1.29 is 4.39 Å². The maximum Gasteiger partial charge on any atom is 0.222 e. The minimum absolute atomic E-state index is 0.121. The van der Waals surface area contributed by atoms with Crippen molar-refractivity contribution in [2.45, 2.75) is 0 Å². The number of nitrogen functional groups attached to an aromatic ring is 2. The van der Waals surface area contributed by atoms with Gasteiger partial charge in [0.15, 0.2) is 0 Å². The van der Waals surface area contributed by atoms with E-state index >= 15 is 0 Å². The van der Waals surface area contributed by atoms with Crippen molar-refractivity contribution in [1.82, 2.24) is 14.5 Å². The Bertz CT molecular complexity index is 1070. The van der Waals surface area contributed by atoms with Gasteiger partial charge in [0.1, 0.15) is 11.6 Å². The van der Waals surface area contributed by atoms with Crippen LogP contribution in [0.25, 0.3) is 32.9 Å². The number of rotatable bonds is 1. The second-order valence-electron chi connectivity index (χ2n) is 5.48. The van der Waals surface area contributed by atoms with E-state index in [9.17, 15) is 4.39 Å². The zero-order valence-corrected chi connectivity index (χ0v) is 12.4. The number of hydrogen-bond acceptors (Lipinski definition) is 4. The van der Waals surface area contributed by atoms with Crippen LogP contribution in [0.1, 0.15) is 0 Å². The van der Waals surface area contributed by atoms with Gasteiger partial charge in [0.2, 0.25) is 5.95 Å². The van der Waals surface area contributed by atoms with Crippen LogP contribution >= 0.6 is 0 Å². The first-order valence-corrected chi connectivity index (χ1v) is 7.11.